The van der Waals surface area contributed by atoms with E-state index in [4.69, 9.17) is 0 Å². The van der Waals surface area contributed by atoms with Gasteiger partial charge in [0, 0.05) is 18.9 Å². The van der Waals surface area contributed by atoms with Gasteiger partial charge in [-0.2, -0.15) is 5.10 Å². The van der Waals surface area contributed by atoms with Crippen LogP contribution < -0.4 is 5.32 Å². The summed E-state index contributed by atoms with van der Waals surface area (Å²) in [6.07, 6.45) is 4.72. The van der Waals surface area contributed by atoms with E-state index in [2.05, 4.69) is 53.7 Å². The molecule has 4 heteroatoms. The summed E-state index contributed by atoms with van der Waals surface area (Å²) < 4.78 is 1.84. The largest absolute Gasteiger partial charge is 0.394 e. The van der Waals surface area contributed by atoms with Crippen molar-refractivity contribution in [2.45, 2.75) is 25.9 Å². The topological polar surface area (TPSA) is 50.1 Å². The second-order valence-corrected chi connectivity index (χ2v) is 5.83. The molecule has 0 bridgehead atoms. The van der Waals surface area contributed by atoms with E-state index in [1.54, 1.807) is 6.20 Å². The lowest BCUT2D eigenvalue weighted by atomic mass is 10.0. The van der Waals surface area contributed by atoms with Crippen LogP contribution in [0.15, 0.2) is 67.0 Å². The molecule has 0 spiro atoms. The van der Waals surface area contributed by atoms with Crippen LogP contribution in [0.3, 0.4) is 0 Å². The first-order chi connectivity index (χ1) is 11.8. The standard InChI is InChI=1S/C20H23N3O/c1-2-16-7-9-18(10-8-16)20(15-24)21-14-17-5-3-6-19(13-17)23-12-4-11-22-23/h3-13,20-21,24H,2,14-15H2,1H3. The molecule has 3 rings (SSSR count). The zero-order chi connectivity index (χ0) is 16.8. The van der Waals surface area contributed by atoms with Crippen LogP contribution in [0.1, 0.15) is 29.7 Å². The van der Waals surface area contributed by atoms with Gasteiger partial charge in [0.25, 0.3) is 0 Å². The summed E-state index contributed by atoms with van der Waals surface area (Å²) >= 11 is 0. The minimum Gasteiger partial charge on any atom is -0.394 e. The Morgan fingerprint density at radius 1 is 1.08 bits per heavy atom. The third-order valence-electron chi connectivity index (χ3n) is 4.21. The van der Waals surface area contributed by atoms with Gasteiger partial charge in [0.05, 0.1) is 18.3 Å². The molecule has 0 amide bonds. The van der Waals surface area contributed by atoms with Crippen LogP contribution >= 0.6 is 0 Å². The predicted molar refractivity (Wildman–Crippen MR) is 96.1 cm³/mol. The zero-order valence-electron chi connectivity index (χ0n) is 13.9. The zero-order valence-corrected chi connectivity index (χ0v) is 13.9. The molecule has 2 N–H and O–H groups in total. The van der Waals surface area contributed by atoms with Gasteiger partial charge in [-0.15, -0.1) is 0 Å². The highest BCUT2D eigenvalue weighted by atomic mass is 16.3. The molecule has 1 unspecified atom stereocenters. The number of nitrogens with one attached hydrogen (secondary N) is 1. The van der Waals surface area contributed by atoms with Crippen molar-refractivity contribution in [2.24, 2.45) is 0 Å². The molecule has 0 aliphatic rings. The molecule has 1 atom stereocenters. The summed E-state index contributed by atoms with van der Waals surface area (Å²) in [7, 11) is 0. The van der Waals surface area contributed by atoms with Crippen molar-refractivity contribution < 1.29 is 5.11 Å². The third kappa shape index (κ3) is 3.91. The average molecular weight is 321 g/mol. The van der Waals surface area contributed by atoms with E-state index in [1.165, 1.54) is 5.56 Å². The van der Waals surface area contributed by atoms with Gasteiger partial charge in [-0.05, 0) is 41.3 Å². The van der Waals surface area contributed by atoms with E-state index in [0.717, 1.165) is 23.2 Å². The minimum absolute atomic E-state index is 0.0655. The number of aliphatic hydroxyl groups is 1. The summed E-state index contributed by atoms with van der Waals surface area (Å²) in [6, 6.07) is 18.5. The van der Waals surface area contributed by atoms with Crippen LogP contribution in [-0.2, 0) is 13.0 Å². The Morgan fingerprint density at radius 2 is 1.92 bits per heavy atom. The van der Waals surface area contributed by atoms with Crippen LogP contribution in [0.2, 0.25) is 0 Å². The van der Waals surface area contributed by atoms with Crippen LogP contribution in [-0.4, -0.2) is 21.5 Å². The second kappa shape index (κ2) is 7.90. The van der Waals surface area contributed by atoms with Crippen LogP contribution in [0.5, 0.6) is 0 Å². The molecule has 24 heavy (non-hydrogen) atoms. The number of rotatable bonds is 7. The second-order valence-electron chi connectivity index (χ2n) is 5.83. The van der Waals surface area contributed by atoms with Crippen molar-refractivity contribution in [3.8, 4) is 5.69 Å². The van der Waals surface area contributed by atoms with Crippen molar-refractivity contribution in [1.29, 1.82) is 0 Å². The van der Waals surface area contributed by atoms with E-state index in [0.29, 0.717) is 6.54 Å². The average Bonchev–Trinajstić information content (AvgIpc) is 3.18. The lowest BCUT2D eigenvalue weighted by Crippen LogP contribution is -2.24. The fraction of sp³-hybridized carbons (Fsp3) is 0.250. The van der Waals surface area contributed by atoms with E-state index < -0.39 is 0 Å². The quantitative estimate of drug-likeness (QED) is 0.702. The smallest absolute Gasteiger partial charge is 0.0648 e. The molecule has 0 aliphatic carbocycles. The van der Waals surface area contributed by atoms with E-state index in [1.807, 2.05) is 29.1 Å². The van der Waals surface area contributed by atoms with Gasteiger partial charge in [-0.1, -0.05) is 43.3 Å². The van der Waals surface area contributed by atoms with Crippen molar-refractivity contribution in [1.82, 2.24) is 15.1 Å². The predicted octanol–water partition coefficient (Wildman–Crippen LogP) is 3.26. The number of nitrogens with zero attached hydrogens (tertiary/aromatic N) is 2. The van der Waals surface area contributed by atoms with Crippen LogP contribution in [0.25, 0.3) is 5.69 Å². The highest BCUT2D eigenvalue weighted by Crippen LogP contribution is 2.16. The first kappa shape index (κ1) is 16.4. The molecule has 4 nitrogen and oxygen atoms in total. The molecule has 124 valence electrons. The number of hydrogen-bond donors (Lipinski definition) is 2. The number of hydrogen-bond acceptors (Lipinski definition) is 3. The Kier molecular flexibility index (Phi) is 5.41. The molecular formula is C20H23N3O. The lowest BCUT2D eigenvalue weighted by molar-refractivity contribution is 0.243. The highest BCUT2D eigenvalue weighted by Gasteiger charge is 2.10. The van der Waals surface area contributed by atoms with Crippen molar-refractivity contribution in [2.75, 3.05) is 6.61 Å². The van der Waals surface area contributed by atoms with E-state index in [-0.39, 0.29) is 12.6 Å². The summed E-state index contributed by atoms with van der Waals surface area (Å²) in [4.78, 5) is 0. The van der Waals surface area contributed by atoms with Gasteiger partial charge < -0.3 is 10.4 Å². The van der Waals surface area contributed by atoms with Gasteiger partial charge in [0.2, 0.25) is 0 Å². The Labute approximate surface area is 142 Å². The number of aromatic nitrogens is 2. The molecule has 2 aromatic carbocycles. The van der Waals surface area contributed by atoms with Crippen molar-refractivity contribution in [3.05, 3.63) is 83.7 Å². The fourth-order valence-electron chi connectivity index (χ4n) is 2.74. The maximum Gasteiger partial charge on any atom is 0.0648 e. The Morgan fingerprint density at radius 3 is 2.58 bits per heavy atom. The Hall–Kier alpha value is -2.43. The van der Waals surface area contributed by atoms with Crippen LogP contribution in [0.4, 0.5) is 0 Å². The molecule has 0 saturated heterocycles. The van der Waals surface area contributed by atoms with Crippen LogP contribution in [0, 0.1) is 0 Å². The van der Waals surface area contributed by atoms with Gasteiger partial charge in [-0.3, -0.25) is 0 Å². The van der Waals surface area contributed by atoms with E-state index >= 15 is 0 Å². The third-order valence-corrected chi connectivity index (χ3v) is 4.21. The Bertz CT molecular complexity index is 751. The summed E-state index contributed by atoms with van der Waals surface area (Å²) in [5.41, 5.74) is 4.61. The summed E-state index contributed by atoms with van der Waals surface area (Å²) in [6.45, 7) is 2.91. The van der Waals surface area contributed by atoms with Gasteiger partial charge in [0.1, 0.15) is 0 Å². The lowest BCUT2D eigenvalue weighted by Gasteiger charge is -2.17. The normalized spacial score (nSPS) is 12.2. The van der Waals surface area contributed by atoms with E-state index in [9.17, 15) is 5.11 Å². The Balaban J connectivity index is 1.68. The van der Waals surface area contributed by atoms with Gasteiger partial charge in [0.15, 0.2) is 0 Å². The van der Waals surface area contributed by atoms with Gasteiger partial charge >= 0.3 is 0 Å². The molecule has 3 aromatic rings. The molecule has 0 saturated carbocycles. The first-order valence-electron chi connectivity index (χ1n) is 8.32. The SMILES string of the molecule is CCc1ccc(C(CO)NCc2cccc(-n3cccn3)c2)cc1. The maximum absolute atomic E-state index is 9.71. The first-order valence-corrected chi connectivity index (χ1v) is 8.32. The molecule has 0 aliphatic heterocycles. The monoisotopic (exact) mass is 321 g/mol. The molecule has 1 aromatic heterocycles. The maximum atomic E-state index is 9.71. The molecular weight excluding hydrogens is 298 g/mol. The highest BCUT2D eigenvalue weighted by molar-refractivity contribution is 5.35. The molecule has 0 radical (unpaired) electrons. The number of benzene rings is 2. The van der Waals surface area contributed by atoms with Crippen molar-refractivity contribution in [3.63, 3.8) is 0 Å². The summed E-state index contributed by atoms with van der Waals surface area (Å²) in [5.74, 6) is 0. The number of aryl methyl sites for hydroxylation is 1. The fourth-order valence-corrected chi connectivity index (χ4v) is 2.74. The molecule has 1 heterocycles. The minimum atomic E-state index is -0.0655. The van der Waals surface area contributed by atoms with Gasteiger partial charge in [-0.25, -0.2) is 4.68 Å². The van der Waals surface area contributed by atoms with Crippen molar-refractivity contribution >= 4 is 0 Å². The summed E-state index contributed by atoms with van der Waals surface area (Å²) in [5, 5.41) is 17.4. The molecule has 0 fully saturated rings. The number of aliphatic hydroxyl groups excluding tert-OH is 1.